The van der Waals surface area contributed by atoms with Crippen molar-refractivity contribution in [2.24, 2.45) is 139 Å². The molecular weight excluding hydrogens is 2060 g/mol. The number of hydrogen-bond acceptors (Lipinski definition) is 2. The minimum absolute atomic E-state index is 0.0488. The third-order valence-electron chi connectivity index (χ3n) is 39.5. The van der Waals surface area contributed by atoms with Gasteiger partial charge in [-0.05, 0) is 413 Å². The molecule has 1 atom stereocenters. The summed E-state index contributed by atoms with van der Waals surface area (Å²) in [5.74, 6) is 35.9. The van der Waals surface area contributed by atoms with E-state index in [1.54, 1.807) is 6.92 Å². The molecule has 1 unspecified atom stereocenters. The van der Waals surface area contributed by atoms with Crippen molar-refractivity contribution >= 4 is 103 Å². The fraction of sp³-hybridized carbons (Fsp3) is 0.774. The van der Waals surface area contributed by atoms with E-state index in [1.807, 2.05) is 20.8 Å². The molecule has 0 bridgehead atoms. The zero-order chi connectivity index (χ0) is 103. The van der Waals surface area contributed by atoms with Crippen molar-refractivity contribution in [2.45, 2.75) is 501 Å². The van der Waals surface area contributed by atoms with Crippen molar-refractivity contribution in [3.63, 3.8) is 0 Å². The molecule has 12 fully saturated rings. The Balaban J connectivity index is 0.000000249. The molecule has 0 heterocycles. The molecule has 15 rings (SSSR count). The maximum atomic E-state index is 11.4. The van der Waals surface area contributed by atoms with Crippen LogP contribution in [0, 0.1) is 199 Å². The molecule has 12 aliphatic carbocycles. The van der Waals surface area contributed by atoms with Gasteiger partial charge >= 0.3 is 134 Å². The van der Waals surface area contributed by atoms with Gasteiger partial charge in [0.2, 0.25) is 0 Å². The molecule has 2 nitrogen and oxygen atoms in total. The molecule has 0 radical (unpaired) electrons. The van der Waals surface area contributed by atoms with Gasteiger partial charge in [-0.3, -0.25) is 0 Å². The second kappa shape index (κ2) is 67.8. The van der Waals surface area contributed by atoms with Crippen molar-refractivity contribution in [1.82, 2.24) is 0 Å². The molecular formula is C133H213Br5NOP. The number of carbonyl (C=O) groups excluding carboxylic acids is 1. The van der Waals surface area contributed by atoms with Crippen LogP contribution in [0.15, 0.2) is 104 Å². The van der Waals surface area contributed by atoms with E-state index >= 15 is 0 Å². The Labute approximate surface area is 915 Å². The first kappa shape index (κ1) is 127. The van der Waals surface area contributed by atoms with Crippen LogP contribution in [-0.2, 0) is 4.79 Å². The molecule has 8 heteroatoms. The van der Waals surface area contributed by atoms with E-state index in [9.17, 15) is 10.1 Å². The number of terminal acetylenes is 2. The Morgan fingerprint density at radius 2 is 0.603 bits per heavy atom. The average Bonchev–Trinajstić information content (AvgIpc) is 0.716. The molecule has 0 spiro atoms. The second-order valence-corrected chi connectivity index (χ2v) is 60.6. The van der Waals surface area contributed by atoms with Gasteiger partial charge in [-0.2, -0.15) is 5.26 Å². The molecule has 0 amide bonds. The summed E-state index contributed by atoms with van der Waals surface area (Å²) < 4.78 is 0. The van der Waals surface area contributed by atoms with Crippen molar-refractivity contribution in [2.75, 3.05) is 12.0 Å². The van der Waals surface area contributed by atoms with Crippen molar-refractivity contribution in [3.8, 4) is 54.4 Å². The summed E-state index contributed by atoms with van der Waals surface area (Å²) in [6.45, 7) is 42.2. The molecule has 3 aromatic carbocycles. The second-order valence-electron chi connectivity index (χ2n) is 49.1. The van der Waals surface area contributed by atoms with Crippen LogP contribution >= 0.6 is 80.9 Å². The van der Waals surface area contributed by atoms with E-state index in [0.717, 1.165) is 131 Å². The van der Waals surface area contributed by atoms with Crippen molar-refractivity contribution in [1.29, 1.82) is 5.26 Å². The Bertz CT molecular complexity index is 3790. The van der Waals surface area contributed by atoms with Gasteiger partial charge in [0.05, 0.1) is 11.5 Å². The quantitative estimate of drug-likeness (QED) is 0.0279. The molecule has 796 valence electrons. The molecule has 0 aromatic heterocycles. The van der Waals surface area contributed by atoms with Crippen molar-refractivity contribution in [3.05, 3.63) is 104 Å². The molecule has 12 aliphatic rings. The van der Waals surface area contributed by atoms with Gasteiger partial charge in [0, 0.05) is 54.7 Å². The standard InChI is InChI=1S/C21H32.C19H18BrP.C18H32Br2.C18H32.C18H30.C17H29N.C17H30O.C3H4.C2H6.Br2/c1-4-6-7-15-21(14-5-2)16-12-20(13-17-21)19-10-8-18(3)9-11-19;1-21(20,17-11-5-2-6-12-17,18-13-7-3-8-14-18)19-15-9-4-10-16-19;1-3-10-18(17(20)13-19)11-8-16(9-12-18)15-6-4-14(2)5-7-15;2*1-4-12-18(5-2)13-10-17(11-14-18)16-8-6-15(3)7-9-16;2*1-3-10-17(13-18)11-8-16(9-12-17)15-6-4-14(2)5-7-15;1-3-2;2*1-2/h18-20H,5,8-14,16-17H2,1-3H3;2-16H,1H3;14-17H,3-13H2,1-2H3;5,15-17H,2,4,6-14H2,1,3H3;2,15-17H,4,6-14H2,1,3H3;14-16H,3-12H2,1-2H3;13-16H,3-12H2,1-2H3;1H,2H3;1-2H3;. The van der Waals surface area contributed by atoms with Gasteiger partial charge < -0.3 is 4.79 Å². The van der Waals surface area contributed by atoms with Crippen LogP contribution in [0.1, 0.15) is 496 Å². The van der Waals surface area contributed by atoms with Crippen LogP contribution in [-0.4, -0.2) is 23.1 Å². The summed E-state index contributed by atoms with van der Waals surface area (Å²) in [6, 6.07) is 35.0. The van der Waals surface area contributed by atoms with Gasteiger partial charge in [-0.1, -0.05) is 268 Å². The third kappa shape index (κ3) is 40.0. The topological polar surface area (TPSA) is 40.9 Å². The molecule has 3 aromatic rings. The molecule has 12 saturated carbocycles. The maximum absolute atomic E-state index is 11.4. The molecule has 0 saturated heterocycles. The normalized spacial score (nSPS) is 34.4. The number of allylic oxidation sites excluding steroid dienone is 1. The third-order valence-corrected chi connectivity index (χ3v) is 50.6. The predicted octanol–water partition coefficient (Wildman–Crippen LogP) is 42.3. The predicted molar refractivity (Wildman–Crippen MR) is 645 cm³/mol. The average molecular weight is 2270 g/mol. The molecule has 0 N–H and O–H groups in total. The number of hydrogen-bond donors (Lipinski definition) is 0. The van der Waals surface area contributed by atoms with Crippen molar-refractivity contribution < 1.29 is 4.79 Å². The van der Waals surface area contributed by atoms with Crippen LogP contribution in [0.4, 0.5) is 0 Å². The van der Waals surface area contributed by atoms with Crippen LogP contribution in [0.25, 0.3) is 0 Å². The Morgan fingerprint density at radius 1 is 0.369 bits per heavy atom. The van der Waals surface area contributed by atoms with Crippen LogP contribution in [0.2, 0.25) is 0 Å². The van der Waals surface area contributed by atoms with Gasteiger partial charge in [-0.15, -0.1) is 25.3 Å². The molecule has 141 heavy (non-hydrogen) atoms. The van der Waals surface area contributed by atoms with E-state index in [4.69, 9.17) is 6.42 Å². The van der Waals surface area contributed by atoms with E-state index < -0.39 is 5.31 Å². The van der Waals surface area contributed by atoms with Crippen LogP contribution < -0.4 is 15.9 Å². The monoisotopic (exact) mass is 2270 g/mol. The van der Waals surface area contributed by atoms with Gasteiger partial charge in [0.15, 0.2) is 0 Å². The number of nitrogens with zero attached hydrogens (tertiary/aromatic N) is 1. The van der Waals surface area contributed by atoms with E-state index in [2.05, 4.69) is 317 Å². The first-order valence-corrected chi connectivity index (χ1v) is 70.1. The summed E-state index contributed by atoms with van der Waals surface area (Å²) in [6.07, 6.45) is 96.9. The zero-order valence-corrected chi connectivity index (χ0v) is 103. The number of rotatable bonds is 25. The number of nitriles is 1. The number of halogens is 5. The van der Waals surface area contributed by atoms with E-state index in [-0.39, 0.29) is 21.7 Å². The summed E-state index contributed by atoms with van der Waals surface area (Å²) in [5, 5.41) is 12.0. The minimum atomic E-state index is -2.56. The number of alkyl halides is 2. The first-order valence-electron chi connectivity index (χ1n) is 59.6. The molecule has 0 aliphatic heterocycles. The van der Waals surface area contributed by atoms with Gasteiger partial charge in [0.25, 0.3) is 0 Å². The fourth-order valence-electron chi connectivity index (χ4n) is 29.7. The summed E-state index contributed by atoms with van der Waals surface area (Å²) in [4.78, 5) is 12.1. The first-order chi connectivity index (χ1) is 68.1. The van der Waals surface area contributed by atoms with Crippen LogP contribution in [0.5, 0.6) is 0 Å². The van der Waals surface area contributed by atoms with Crippen LogP contribution in [0.3, 0.4) is 0 Å². The summed E-state index contributed by atoms with van der Waals surface area (Å²) in [7, 11) is 0. The Hall–Kier alpha value is -2.37. The SMILES string of the molecule is BrBr.C#CC.C#CC1(CCC)CCC(C2CCC(C)CC2)CC1.C=CC1(CCC)CCC(C2CCC(C)CC2)CC1.CC.CC#CC#CC1(CCC)CCC(C2CCC(C)CC2)CC1.CCCC1(C#N)CCC(C2CCC(C)CC2)CC1.CCCC1(C(Br)CBr)CCC(C2CCC(C)CC2)CC1.CCCC1(C=O)CCC(C2CCC(C)CC2)CC1.CP(Br)(c1ccccc1)(c1ccccc1)c1ccccc1. The number of aldehydes is 1. The van der Waals surface area contributed by atoms with E-state index in [1.165, 1.54) is 388 Å². The zero-order valence-electron chi connectivity index (χ0n) is 94.0. The van der Waals surface area contributed by atoms with E-state index in [0.29, 0.717) is 15.7 Å². The summed E-state index contributed by atoms with van der Waals surface area (Å²) >= 11 is 17.4. The van der Waals surface area contributed by atoms with Gasteiger partial charge in [-0.25, -0.2) is 0 Å². The summed E-state index contributed by atoms with van der Waals surface area (Å²) in [5.41, 5.74) is 1.76. The van der Waals surface area contributed by atoms with Gasteiger partial charge in [0.1, 0.15) is 6.29 Å². The Kier molecular flexibility index (Phi) is 61.2. The fourth-order valence-corrected chi connectivity index (χ4v) is 36.8. The number of carbonyl (C=O) groups is 1. The Morgan fingerprint density at radius 3 is 0.851 bits per heavy atom. The number of benzene rings is 3.